The molecule has 0 atom stereocenters. The first-order valence-corrected chi connectivity index (χ1v) is 12.7. The highest BCUT2D eigenvalue weighted by Gasteiger charge is 2.20. The number of rotatable bonds is 8. The first kappa shape index (κ1) is 25.3. The fourth-order valence-corrected chi connectivity index (χ4v) is 5.14. The third kappa shape index (κ3) is 5.61. The van der Waals surface area contributed by atoms with Crippen molar-refractivity contribution in [2.24, 2.45) is 5.10 Å². The molecule has 1 amide bonds. The van der Waals surface area contributed by atoms with E-state index in [0.29, 0.717) is 27.0 Å². The molecule has 1 heterocycles. The number of hydrogen-bond acceptors (Lipinski definition) is 7. The third-order valence-electron chi connectivity index (χ3n) is 5.60. The highest BCUT2D eigenvalue weighted by atomic mass is 35.5. The zero-order valence-electron chi connectivity index (χ0n) is 20.1. The fraction of sp³-hybridized carbons (Fsp3) is 0.0690. The van der Waals surface area contributed by atoms with Crippen LogP contribution in [0.2, 0.25) is 5.02 Å². The van der Waals surface area contributed by atoms with Crippen molar-refractivity contribution in [3.63, 3.8) is 0 Å². The Bertz CT molecular complexity index is 1680. The van der Waals surface area contributed by atoms with Crippen LogP contribution in [0.25, 0.3) is 20.9 Å². The second kappa shape index (κ2) is 11.3. The molecule has 0 fully saturated rings. The minimum atomic E-state index is -0.574. The molecule has 9 heteroatoms. The number of fused-ring (bicyclic) bond motifs is 2. The number of thiophene rings is 1. The van der Waals surface area contributed by atoms with Gasteiger partial charge in [0, 0.05) is 10.1 Å². The number of hydrogen-bond donors (Lipinski definition) is 1. The Labute approximate surface area is 227 Å². The molecule has 0 saturated carbocycles. The molecule has 0 aliphatic rings. The highest BCUT2D eigenvalue weighted by Crippen LogP contribution is 2.37. The van der Waals surface area contributed by atoms with Gasteiger partial charge < -0.3 is 14.2 Å². The predicted octanol–water partition coefficient (Wildman–Crippen LogP) is 6.46. The van der Waals surface area contributed by atoms with Crippen LogP contribution < -0.4 is 19.6 Å². The van der Waals surface area contributed by atoms with E-state index in [9.17, 15) is 9.59 Å². The first-order valence-electron chi connectivity index (χ1n) is 11.5. The summed E-state index contributed by atoms with van der Waals surface area (Å²) in [5.74, 6) is 0.165. The van der Waals surface area contributed by atoms with Crippen LogP contribution in [-0.2, 0) is 4.79 Å². The molecule has 190 valence electrons. The van der Waals surface area contributed by atoms with Gasteiger partial charge in [-0.05, 0) is 52.7 Å². The SMILES string of the molecule is COc1cc(/C=N\NC(=O)COc2ccc3ccccc3c2)ccc1OC(=O)c1sc2ccccc2c1Cl. The van der Waals surface area contributed by atoms with Crippen molar-refractivity contribution >= 4 is 61.9 Å². The Morgan fingerprint density at radius 2 is 1.74 bits per heavy atom. The van der Waals surface area contributed by atoms with Crippen molar-refractivity contribution in [2.75, 3.05) is 13.7 Å². The van der Waals surface area contributed by atoms with Gasteiger partial charge in [0.2, 0.25) is 0 Å². The number of amides is 1. The van der Waals surface area contributed by atoms with E-state index in [1.54, 1.807) is 18.2 Å². The molecular weight excluding hydrogens is 524 g/mol. The van der Waals surface area contributed by atoms with Crippen molar-refractivity contribution in [3.8, 4) is 17.2 Å². The average molecular weight is 545 g/mol. The van der Waals surface area contributed by atoms with Crippen LogP contribution in [0.1, 0.15) is 15.2 Å². The summed E-state index contributed by atoms with van der Waals surface area (Å²) in [6.07, 6.45) is 1.45. The Hall–Kier alpha value is -4.40. The summed E-state index contributed by atoms with van der Waals surface area (Å²) in [4.78, 5) is 25.3. The number of methoxy groups -OCH3 is 1. The summed E-state index contributed by atoms with van der Waals surface area (Å²) in [5, 5.41) is 7.25. The minimum Gasteiger partial charge on any atom is -0.493 e. The van der Waals surface area contributed by atoms with Gasteiger partial charge in [0.1, 0.15) is 10.6 Å². The van der Waals surface area contributed by atoms with Crippen molar-refractivity contribution in [1.82, 2.24) is 5.43 Å². The predicted molar refractivity (Wildman–Crippen MR) is 150 cm³/mol. The summed E-state index contributed by atoms with van der Waals surface area (Å²) in [6, 6.07) is 25.9. The number of ether oxygens (including phenoxy) is 3. The van der Waals surface area contributed by atoms with Crippen molar-refractivity contribution < 1.29 is 23.8 Å². The molecule has 0 spiro atoms. The van der Waals surface area contributed by atoms with Gasteiger partial charge in [0.15, 0.2) is 18.1 Å². The number of benzene rings is 4. The zero-order chi connectivity index (χ0) is 26.5. The summed E-state index contributed by atoms with van der Waals surface area (Å²) in [6.45, 7) is -0.186. The van der Waals surface area contributed by atoms with Crippen LogP contribution >= 0.6 is 22.9 Å². The lowest BCUT2D eigenvalue weighted by molar-refractivity contribution is -0.123. The number of nitrogens with one attached hydrogen (secondary N) is 1. The third-order valence-corrected chi connectivity index (χ3v) is 7.26. The molecule has 0 unspecified atom stereocenters. The standard InChI is InChI=1S/C29H21ClN2O5S/c1-35-24-14-18(10-13-23(24)37-29(34)28-27(30)22-8-4-5-9-25(22)38-28)16-31-32-26(33)17-36-21-12-11-19-6-2-3-7-20(19)15-21/h2-16H,17H2,1H3,(H,32,33)/b31-16-. The summed E-state index contributed by atoms with van der Waals surface area (Å²) in [5.41, 5.74) is 3.05. The number of esters is 1. The molecule has 4 aromatic carbocycles. The molecular formula is C29H21ClN2O5S. The number of carbonyl (C=O) groups is 2. The lowest BCUT2D eigenvalue weighted by Crippen LogP contribution is -2.24. The summed E-state index contributed by atoms with van der Waals surface area (Å²) < 4.78 is 17.4. The molecule has 1 aromatic heterocycles. The van der Waals surface area contributed by atoms with Crippen LogP contribution in [0.15, 0.2) is 90.0 Å². The van der Waals surface area contributed by atoms with E-state index >= 15 is 0 Å². The van der Waals surface area contributed by atoms with Crippen LogP contribution in [-0.4, -0.2) is 31.8 Å². The second-order valence-electron chi connectivity index (χ2n) is 8.13. The lowest BCUT2D eigenvalue weighted by atomic mass is 10.1. The molecule has 5 aromatic rings. The number of nitrogens with zero attached hydrogens (tertiary/aromatic N) is 1. The van der Waals surface area contributed by atoms with Crippen molar-refractivity contribution in [1.29, 1.82) is 0 Å². The molecule has 1 N–H and O–H groups in total. The van der Waals surface area contributed by atoms with Crippen molar-refractivity contribution in [2.45, 2.75) is 0 Å². The van der Waals surface area contributed by atoms with Crippen molar-refractivity contribution in [3.05, 3.63) is 100 Å². The summed E-state index contributed by atoms with van der Waals surface area (Å²) in [7, 11) is 1.46. The van der Waals surface area contributed by atoms with E-state index in [-0.39, 0.29) is 12.4 Å². The number of hydrazone groups is 1. The Morgan fingerprint density at radius 1 is 0.947 bits per heavy atom. The first-order chi connectivity index (χ1) is 18.5. The topological polar surface area (TPSA) is 86.2 Å². The minimum absolute atomic E-state index is 0.186. The van der Waals surface area contributed by atoms with Gasteiger partial charge in [-0.15, -0.1) is 11.3 Å². The molecule has 38 heavy (non-hydrogen) atoms. The van der Waals surface area contributed by atoms with Gasteiger partial charge in [-0.1, -0.05) is 60.1 Å². The largest absolute Gasteiger partial charge is 0.493 e. The summed E-state index contributed by atoms with van der Waals surface area (Å²) >= 11 is 7.66. The van der Waals surface area contributed by atoms with E-state index in [1.165, 1.54) is 24.7 Å². The van der Waals surface area contributed by atoms with Gasteiger partial charge in [-0.2, -0.15) is 5.10 Å². The Morgan fingerprint density at radius 3 is 2.55 bits per heavy atom. The molecule has 7 nitrogen and oxygen atoms in total. The number of carbonyl (C=O) groups excluding carboxylic acids is 2. The van der Waals surface area contributed by atoms with Crippen LogP contribution in [0, 0.1) is 0 Å². The number of halogens is 1. The monoisotopic (exact) mass is 544 g/mol. The zero-order valence-corrected chi connectivity index (χ0v) is 21.7. The van der Waals surface area contributed by atoms with Gasteiger partial charge in [0.25, 0.3) is 5.91 Å². The maximum atomic E-state index is 12.8. The van der Waals surface area contributed by atoms with E-state index in [0.717, 1.165) is 20.9 Å². The Kier molecular flexibility index (Phi) is 7.53. The van der Waals surface area contributed by atoms with Crippen LogP contribution in [0.5, 0.6) is 17.2 Å². The van der Waals surface area contributed by atoms with E-state index in [2.05, 4.69) is 10.5 Å². The van der Waals surface area contributed by atoms with Crippen LogP contribution in [0.3, 0.4) is 0 Å². The normalized spacial score (nSPS) is 11.1. The Balaban J connectivity index is 1.18. The maximum Gasteiger partial charge on any atom is 0.355 e. The smallest absolute Gasteiger partial charge is 0.355 e. The van der Waals surface area contributed by atoms with Gasteiger partial charge in [-0.25, -0.2) is 10.2 Å². The second-order valence-corrected chi connectivity index (χ2v) is 9.56. The lowest BCUT2D eigenvalue weighted by Gasteiger charge is -2.09. The highest BCUT2D eigenvalue weighted by molar-refractivity contribution is 7.21. The molecule has 0 saturated heterocycles. The molecule has 0 bridgehead atoms. The van der Waals surface area contributed by atoms with E-state index < -0.39 is 11.9 Å². The van der Waals surface area contributed by atoms with E-state index in [1.807, 2.05) is 66.7 Å². The molecule has 5 rings (SSSR count). The quantitative estimate of drug-likeness (QED) is 0.105. The van der Waals surface area contributed by atoms with Gasteiger partial charge in [0.05, 0.1) is 18.3 Å². The molecule has 0 aliphatic heterocycles. The van der Waals surface area contributed by atoms with Gasteiger partial charge in [-0.3, -0.25) is 4.79 Å². The van der Waals surface area contributed by atoms with Gasteiger partial charge >= 0.3 is 5.97 Å². The fourth-order valence-electron chi connectivity index (χ4n) is 3.76. The molecule has 0 aliphatic carbocycles. The molecule has 0 radical (unpaired) electrons. The van der Waals surface area contributed by atoms with E-state index in [4.69, 9.17) is 25.8 Å². The maximum absolute atomic E-state index is 12.8. The average Bonchev–Trinajstić information content (AvgIpc) is 3.29. The van der Waals surface area contributed by atoms with Crippen LogP contribution in [0.4, 0.5) is 0 Å².